The first-order chi connectivity index (χ1) is 13.4. The molecule has 0 heterocycles. The number of hydrazone groups is 1. The quantitative estimate of drug-likeness (QED) is 0.332. The van der Waals surface area contributed by atoms with Crippen LogP contribution >= 0.6 is 0 Å². The highest BCUT2D eigenvalue weighted by molar-refractivity contribution is 5.93. The summed E-state index contributed by atoms with van der Waals surface area (Å²) in [6.07, 6.45) is 7.74. The van der Waals surface area contributed by atoms with Crippen molar-refractivity contribution in [3.8, 4) is 5.75 Å². The number of hydrogen-bond acceptors (Lipinski definition) is 4. The number of nitrogens with one attached hydrogen (secondary N) is 2. The molecule has 0 aliphatic rings. The first kappa shape index (κ1) is 23.1. The highest BCUT2D eigenvalue weighted by Gasteiger charge is 2.06. The van der Waals surface area contributed by atoms with Gasteiger partial charge in [-0.15, -0.1) is 0 Å². The van der Waals surface area contributed by atoms with Gasteiger partial charge in [0.1, 0.15) is 5.75 Å². The molecule has 152 valence electrons. The molecule has 0 saturated heterocycles. The fourth-order valence-electron chi connectivity index (χ4n) is 2.25. The molecule has 2 N–H and O–H groups in total. The van der Waals surface area contributed by atoms with Crippen molar-refractivity contribution in [2.24, 2.45) is 5.10 Å². The van der Waals surface area contributed by atoms with Crippen molar-refractivity contribution in [2.45, 2.75) is 53.4 Å². The smallest absolute Gasteiger partial charge is 0.240 e. The fraction of sp³-hybridized carbons (Fsp3) is 0.409. The van der Waals surface area contributed by atoms with E-state index in [2.05, 4.69) is 35.8 Å². The number of ether oxygens (including phenoxy) is 1. The summed E-state index contributed by atoms with van der Waals surface area (Å²) in [4.78, 5) is 23.7. The van der Waals surface area contributed by atoms with Crippen LogP contribution in [0.5, 0.6) is 5.75 Å². The van der Waals surface area contributed by atoms with Crippen LogP contribution in [0.2, 0.25) is 0 Å². The number of rotatable bonds is 11. The number of allylic oxidation sites excluding steroid dienone is 4. The molecular formula is C22H31N3O3. The van der Waals surface area contributed by atoms with Crippen molar-refractivity contribution in [3.63, 3.8) is 0 Å². The second-order valence-electron chi connectivity index (χ2n) is 6.65. The van der Waals surface area contributed by atoms with E-state index in [1.807, 2.05) is 19.9 Å². The van der Waals surface area contributed by atoms with Crippen LogP contribution in [-0.2, 0) is 9.59 Å². The highest BCUT2D eigenvalue weighted by Crippen LogP contribution is 2.15. The summed E-state index contributed by atoms with van der Waals surface area (Å²) < 4.78 is 5.35. The Kier molecular flexibility index (Phi) is 11.0. The fourth-order valence-corrected chi connectivity index (χ4v) is 2.25. The summed E-state index contributed by atoms with van der Waals surface area (Å²) >= 11 is 0. The van der Waals surface area contributed by atoms with E-state index in [-0.39, 0.29) is 24.7 Å². The second kappa shape index (κ2) is 13.3. The van der Waals surface area contributed by atoms with Crippen LogP contribution in [0.1, 0.15) is 53.4 Å². The number of carbonyl (C=O) groups is 2. The Bertz CT molecular complexity index is 715. The number of hydrogen-bond donors (Lipinski definition) is 2. The number of benzene rings is 1. The topological polar surface area (TPSA) is 79.8 Å². The Hall–Kier alpha value is -2.89. The molecule has 0 unspecified atom stereocenters. The van der Waals surface area contributed by atoms with Crippen LogP contribution in [0.3, 0.4) is 0 Å². The molecule has 0 aromatic heterocycles. The predicted molar refractivity (Wildman–Crippen MR) is 115 cm³/mol. The monoisotopic (exact) mass is 385 g/mol. The molecule has 1 aromatic rings. The number of amides is 2. The van der Waals surface area contributed by atoms with E-state index in [0.717, 1.165) is 18.6 Å². The van der Waals surface area contributed by atoms with Crippen molar-refractivity contribution >= 4 is 23.7 Å². The van der Waals surface area contributed by atoms with Gasteiger partial charge in [0.05, 0.1) is 6.61 Å². The van der Waals surface area contributed by atoms with Gasteiger partial charge in [0, 0.05) is 24.7 Å². The van der Waals surface area contributed by atoms with Crippen LogP contribution < -0.4 is 15.5 Å². The summed E-state index contributed by atoms with van der Waals surface area (Å²) in [6.45, 7) is 8.68. The zero-order valence-corrected chi connectivity index (χ0v) is 17.2. The van der Waals surface area contributed by atoms with Gasteiger partial charge in [-0.25, -0.2) is 5.43 Å². The molecule has 0 aliphatic carbocycles. The molecule has 0 radical (unpaired) electrons. The summed E-state index contributed by atoms with van der Waals surface area (Å²) in [5.41, 5.74) is 5.59. The lowest BCUT2D eigenvalue weighted by Crippen LogP contribution is -2.20. The molecule has 6 heteroatoms. The molecule has 0 bridgehead atoms. The van der Waals surface area contributed by atoms with Gasteiger partial charge in [-0.3, -0.25) is 9.59 Å². The van der Waals surface area contributed by atoms with Crippen LogP contribution in [-0.4, -0.2) is 24.6 Å². The number of carbonyl (C=O) groups excluding carboxylic acids is 2. The average molecular weight is 386 g/mol. The maximum Gasteiger partial charge on any atom is 0.240 e. The Balaban J connectivity index is 2.28. The minimum atomic E-state index is -0.298. The van der Waals surface area contributed by atoms with E-state index in [1.54, 1.807) is 30.5 Å². The zero-order chi connectivity index (χ0) is 20.8. The lowest BCUT2D eigenvalue weighted by Gasteiger charge is -2.07. The molecule has 0 aliphatic heterocycles. The van der Waals surface area contributed by atoms with Crippen molar-refractivity contribution in [3.05, 3.63) is 47.6 Å². The zero-order valence-electron chi connectivity index (χ0n) is 17.2. The maximum absolute atomic E-state index is 11.9. The Morgan fingerprint density at radius 2 is 1.71 bits per heavy atom. The predicted octanol–water partition coefficient (Wildman–Crippen LogP) is 4.60. The third kappa shape index (κ3) is 11.0. The van der Waals surface area contributed by atoms with E-state index in [1.165, 1.54) is 11.1 Å². The van der Waals surface area contributed by atoms with Crippen LogP contribution in [0.4, 0.5) is 5.69 Å². The Morgan fingerprint density at radius 3 is 2.36 bits per heavy atom. The summed E-state index contributed by atoms with van der Waals surface area (Å²) in [5.74, 6) is 0.228. The van der Waals surface area contributed by atoms with Crippen LogP contribution in [0, 0.1) is 0 Å². The maximum atomic E-state index is 11.9. The van der Waals surface area contributed by atoms with Crippen LogP contribution in [0.25, 0.3) is 0 Å². The lowest BCUT2D eigenvalue weighted by molar-refractivity contribution is -0.124. The third-order valence-electron chi connectivity index (χ3n) is 3.74. The van der Waals surface area contributed by atoms with Gasteiger partial charge in [0.15, 0.2) is 0 Å². The summed E-state index contributed by atoms with van der Waals surface area (Å²) in [7, 11) is 0. The molecule has 0 spiro atoms. The molecule has 0 atom stereocenters. The molecule has 2 amide bonds. The van der Waals surface area contributed by atoms with Gasteiger partial charge in [-0.05, 0) is 70.9 Å². The van der Waals surface area contributed by atoms with Gasteiger partial charge in [0.2, 0.25) is 11.8 Å². The minimum absolute atomic E-state index is 0.0729. The molecule has 1 aromatic carbocycles. The standard InChI is InChI=1S/C22H31N3O3/c1-5-28-20-11-9-19(10-12-20)24-21(26)13-14-22(27)25-23-16-15-18(4)8-6-7-17(2)3/h7,9-12,15-16H,5-6,8,13-14H2,1-4H3,(H,24,26)(H,25,27)/b18-15+,23-16+. The van der Waals surface area contributed by atoms with Crippen molar-refractivity contribution in [2.75, 3.05) is 11.9 Å². The van der Waals surface area contributed by atoms with Gasteiger partial charge in [-0.2, -0.15) is 5.10 Å². The minimum Gasteiger partial charge on any atom is -0.494 e. The third-order valence-corrected chi connectivity index (χ3v) is 3.74. The highest BCUT2D eigenvalue weighted by atomic mass is 16.5. The summed E-state index contributed by atoms with van der Waals surface area (Å²) in [6, 6.07) is 7.10. The first-order valence-electron chi connectivity index (χ1n) is 9.54. The molecule has 6 nitrogen and oxygen atoms in total. The molecule has 0 saturated carbocycles. The molecule has 1 rings (SSSR count). The Labute approximate surface area is 167 Å². The van der Waals surface area contributed by atoms with E-state index in [9.17, 15) is 9.59 Å². The van der Waals surface area contributed by atoms with Gasteiger partial charge < -0.3 is 10.1 Å². The largest absolute Gasteiger partial charge is 0.494 e. The second-order valence-corrected chi connectivity index (χ2v) is 6.65. The van der Waals surface area contributed by atoms with Gasteiger partial charge >= 0.3 is 0 Å². The normalized spacial score (nSPS) is 11.2. The van der Waals surface area contributed by atoms with E-state index in [0.29, 0.717) is 12.3 Å². The van der Waals surface area contributed by atoms with E-state index < -0.39 is 0 Å². The lowest BCUT2D eigenvalue weighted by atomic mass is 10.1. The van der Waals surface area contributed by atoms with Gasteiger partial charge in [-0.1, -0.05) is 17.2 Å². The van der Waals surface area contributed by atoms with Crippen LogP contribution in [0.15, 0.2) is 52.7 Å². The average Bonchev–Trinajstić information content (AvgIpc) is 2.65. The molecule has 0 fully saturated rings. The molecule has 28 heavy (non-hydrogen) atoms. The number of nitrogens with zero attached hydrogens (tertiary/aromatic N) is 1. The van der Waals surface area contributed by atoms with E-state index in [4.69, 9.17) is 4.74 Å². The van der Waals surface area contributed by atoms with E-state index >= 15 is 0 Å². The first-order valence-corrected chi connectivity index (χ1v) is 9.54. The van der Waals surface area contributed by atoms with Crippen molar-refractivity contribution in [1.29, 1.82) is 0 Å². The molecular weight excluding hydrogens is 354 g/mol. The SMILES string of the molecule is CCOc1ccc(NC(=O)CCC(=O)N/N=C/C=C(\C)CCC=C(C)C)cc1. The number of anilines is 1. The van der Waals surface area contributed by atoms with Crippen molar-refractivity contribution in [1.82, 2.24) is 5.43 Å². The van der Waals surface area contributed by atoms with Gasteiger partial charge in [0.25, 0.3) is 0 Å². The Morgan fingerprint density at radius 1 is 1.04 bits per heavy atom. The van der Waals surface area contributed by atoms with Crippen molar-refractivity contribution < 1.29 is 14.3 Å². The summed E-state index contributed by atoms with van der Waals surface area (Å²) in [5, 5.41) is 6.63.